The Balaban J connectivity index is 0.000000404. The second kappa shape index (κ2) is 15.2. The molecule has 0 radical (unpaired) electrons. The summed E-state index contributed by atoms with van der Waals surface area (Å²) in [5.74, 6) is -3.76. The van der Waals surface area contributed by atoms with Gasteiger partial charge in [0, 0.05) is 0 Å². The molecule has 0 aliphatic rings. The highest BCUT2D eigenvalue weighted by Crippen LogP contribution is 2.18. The summed E-state index contributed by atoms with van der Waals surface area (Å²) in [4.78, 5) is 44.2. The standard InChI is InChI=1S/C18H26O4.C8H6O4/c1-3-5-6-10-14(9-4-2)13-22-18(21)16-12-8-7-11-15(16)17(19)20;9-7(10)5-3-1-2-4-6(5)8(11)12/h7-8,11-12,14H,3-6,9-10,13H2,1-2H3,(H,19,20);1-4H,(H,9,10)(H,11,12). The van der Waals surface area contributed by atoms with E-state index in [0.29, 0.717) is 12.5 Å². The molecule has 3 N–H and O–H groups in total. The number of unbranched alkanes of at least 4 members (excludes halogenated alkanes) is 2. The van der Waals surface area contributed by atoms with E-state index in [9.17, 15) is 19.2 Å². The van der Waals surface area contributed by atoms with Crippen LogP contribution >= 0.6 is 0 Å². The summed E-state index contributed by atoms with van der Waals surface area (Å²) in [6, 6.07) is 11.6. The number of esters is 1. The Bertz CT molecular complexity index is 934. The molecule has 34 heavy (non-hydrogen) atoms. The molecular formula is C26H32O8. The van der Waals surface area contributed by atoms with Gasteiger partial charge in [-0.1, -0.05) is 63.8 Å². The minimum atomic E-state index is -1.23. The van der Waals surface area contributed by atoms with Crippen molar-refractivity contribution in [3.05, 3.63) is 70.8 Å². The van der Waals surface area contributed by atoms with E-state index in [0.717, 1.165) is 25.7 Å². The summed E-state index contributed by atoms with van der Waals surface area (Å²) in [6.45, 7) is 4.65. The zero-order valence-electron chi connectivity index (χ0n) is 19.5. The number of ether oxygens (including phenoxy) is 1. The van der Waals surface area contributed by atoms with Crippen LogP contribution in [0.25, 0.3) is 0 Å². The second-order valence-electron chi connectivity index (χ2n) is 7.76. The lowest BCUT2D eigenvalue weighted by atomic mass is 9.97. The van der Waals surface area contributed by atoms with E-state index in [1.54, 1.807) is 12.1 Å². The van der Waals surface area contributed by atoms with Crippen molar-refractivity contribution in [1.29, 1.82) is 0 Å². The molecule has 0 bridgehead atoms. The third-order valence-corrected chi connectivity index (χ3v) is 5.13. The quantitative estimate of drug-likeness (QED) is 0.267. The summed E-state index contributed by atoms with van der Waals surface area (Å²) in [7, 11) is 0. The molecule has 1 unspecified atom stereocenters. The lowest BCUT2D eigenvalue weighted by Crippen LogP contribution is -2.17. The number of rotatable bonds is 12. The lowest BCUT2D eigenvalue weighted by molar-refractivity contribution is 0.0415. The zero-order chi connectivity index (χ0) is 25.5. The van der Waals surface area contributed by atoms with Crippen molar-refractivity contribution in [2.24, 2.45) is 5.92 Å². The Hall–Kier alpha value is -3.68. The van der Waals surface area contributed by atoms with Crippen molar-refractivity contribution in [2.75, 3.05) is 6.61 Å². The van der Waals surface area contributed by atoms with Crippen molar-refractivity contribution >= 4 is 23.9 Å². The van der Waals surface area contributed by atoms with Crippen LogP contribution in [0.5, 0.6) is 0 Å². The largest absolute Gasteiger partial charge is 0.478 e. The Morgan fingerprint density at radius 2 is 1.12 bits per heavy atom. The molecule has 0 saturated carbocycles. The lowest BCUT2D eigenvalue weighted by Gasteiger charge is -2.16. The summed E-state index contributed by atoms with van der Waals surface area (Å²) in [5.41, 5.74) is -0.265. The average Bonchev–Trinajstić information content (AvgIpc) is 2.82. The Kier molecular flexibility index (Phi) is 12.7. The molecule has 0 saturated heterocycles. The van der Waals surface area contributed by atoms with Crippen molar-refractivity contribution in [3.63, 3.8) is 0 Å². The number of carboxylic acid groups (broad SMARTS) is 3. The molecule has 0 aliphatic heterocycles. The van der Waals surface area contributed by atoms with Crippen LogP contribution < -0.4 is 0 Å². The van der Waals surface area contributed by atoms with Gasteiger partial charge in [-0.25, -0.2) is 19.2 Å². The van der Waals surface area contributed by atoms with Crippen LogP contribution in [0, 0.1) is 5.92 Å². The minimum Gasteiger partial charge on any atom is -0.478 e. The maximum absolute atomic E-state index is 12.1. The highest BCUT2D eigenvalue weighted by atomic mass is 16.5. The maximum Gasteiger partial charge on any atom is 0.339 e. The van der Waals surface area contributed by atoms with Gasteiger partial charge < -0.3 is 20.1 Å². The molecule has 0 spiro atoms. The number of carbonyl (C=O) groups is 4. The predicted molar refractivity (Wildman–Crippen MR) is 127 cm³/mol. The Morgan fingerprint density at radius 1 is 0.676 bits per heavy atom. The van der Waals surface area contributed by atoms with Crippen LogP contribution in [-0.2, 0) is 4.74 Å². The molecule has 0 aliphatic carbocycles. The molecular weight excluding hydrogens is 440 g/mol. The van der Waals surface area contributed by atoms with E-state index >= 15 is 0 Å². The van der Waals surface area contributed by atoms with E-state index in [-0.39, 0.29) is 22.3 Å². The summed E-state index contributed by atoms with van der Waals surface area (Å²) in [5, 5.41) is 26.2. The third kappa shape index (κ3) is 9.44. The highest BCUT2D eigenvalue weighted by Gasteiger charge is 2.18. The fourth-order valence-corrected chi connectivity index (χ4v) is 3.38. The molecule has 2 aromatic rings. The van der Waals surface area contributed by atoms with Gasteiger partial charge in [0.25, 0.3) is 0 Å². The first-order valence-electron chi connectivity index (χ1n) is 11.3. The van der Waals surface area contributed by atoms with Crippen LogP contribution in [0.4, 0.5) is 0 Å². The van der Waals surface area contributed by atoms with Gasteiger partial charge >= 0.3 is 23.9 Å². The Labute approximate surface area is 199 Å². The van der Waals surface area contributed by atoms with Gasteiger partial charge in [-0.3, -0.25) is 0 Å². The van der Waals surface area contributed by atoms with E-state index < -0.39 is 23.9 Å². The summed E-state index contributed by atoms with van der Waals surface area (Å²) >= 11 is 0. The molecule has 0 aromatic heterocycles. The van der Waals surface area contributed by atoms with Crippen LogP contribution in [0.2, 0.25) is 0 Å². The molecule has 0 fully saturated rings. The first-order valence-corrected chi connectivity index (χ1v) is 11.3. The van der Waals surface area contributed by atoms with Gasteiger partial charge in [-0.2, -0.15) is 0 Å². The third-order valence-electron chi connectivity index (χ3n) is 5.13. The molecule has 8 nitrogen and oxygen atoms in total. The highest BCUT2D eigenvalue weighted by molar-refractivity contribution is 6.02. The number of carbonyl (C=O) groups excluding carboxylic acids is 1. The van der Waals surface area contributed by atoms with Crippen molar-refractivity contribution in [2.45, 2.75) is 52.4 Å². The SMILES string of the molecule is CCCCCC(CCC)COC(=O)c1ccccc1C(=O)O.O=C(O)c1ccccc1C(=O)O. The number of benzene rings is 2. The fourth-order valence-electron chi connectivity index (χ4n) is 3.38. The predicted octanol–water partition coefficient (Wildman–Crippen LogP) is 5.62. The maximum atomic E-state index is 12.1. The van der Waals surface area contributed by atoms with E-state index in [2.05, 4.69) is 13.8 Å². The zero-order valence-corrected chi connectivity index (χ0v) is 19.5. The molecule has 0 amide bonds. The Morgan fingerprint density at radius 3 is 1.53 bits per heavy atom. The van der Waals surface area contributed by atoms with Crippen molar-refractivity contribution in [3.8, 4) is 0 Å². The normalized spacial score (nSPS) is 11.0. The fraction of sp³-hybridized carbons (Fsp3) is 0.385. The van der Waals surface area contributed by atoms with Gasteiger partial charge in [-0.15, -0.1) is 0 Å². The second-order valence-corrected chi connectivity index (χ2v) is 7.76. The van der Waals surface area contributed by atoms with Crippen LogP contribution in [0.1, 0.15) is 93.8 Å². The number of carboxylic acids is 3. The first-order chi connectivity index (χ1) is 16.2. The van der Waals surface area contributed by atoms with E-state index in [1.807, 2.05) is 0 Å². The van der Waals surface area contributed by atoms with Crippen LogP contribution in [0.3, 0.4) is 0 Å². The molecule has 184 valence electrons. The number of aromatic carboxylic acids is 3. The van der Waals surface area contributed by atoms with Crippen LogP contribution in [0.15, 0.2) is 48.5 Å². The van der Waals surface area contributed by atoms with Crippen LogP contribution in [-0.4, -0.2) is 45.8 Å². The van der Waals surface area contributed by atoms with E-state index in [4.69, 9.17) is 20.1 Å². The molecule has 2 aromatic carbocycles. The van der Waals surface area contributed by atoms with Gasteiger partial charge in [0.1, 0.15) is 0 Å². The topological polar surface area (TPSA) is 138 Å². The van der Waals surface area contributed by atoms with Gasteiger partial charge in [-0.05, 0) is 43.0 Å². The molecule has 1 atom stereocenters. The molecule has 0 heterocycles. The number of hydrogen-bond donors (Lipinski definition) is 3. The molecule has 2 rings (SSSR count). The van der Waals surface area contributed by atoms with Crippen molar-refractivity contribution < 1.29 is 39.2 Å². The summed E-state index contributed by atoms with van der Waals surface area (Å²) in [6.07, 6.45) is 6.64. The minimum absolute atomic E-state index is 0.00877. The molecule has 8 heteroatoms. The number of hydrogen-bond acceptors (Lipinski definition) is 5. The van der Waals surface area contributed by atoms with Gasteiger partial charge in [0.05, 0.1) is 28.9 Å². The monoisotopic (exact) mass is 472 g/mol. The first kappa shape index (κ1) is 28.4. The van der Waals surface area contributed by atoms with Crippen molar-refractivity contribution in [1.82, 2.24) is 0 Å². The summed E-state index contributed by atoms with van der Waals surface area (Å²) < 4.78 is 5.36. The van der Waals surface area contributed by atoms with Gasteiger partial charge in [0.15, 0.2) is 0 Å². The smallest absolute Gasteiger partial charge is 0.339 e. The van der Waals surface area contributed by atoms with E-state index in [1.165, 1.54) is 49.2 Å². The average molecular weight is 473 g/mol. The van der Waals surface area contributed by atoms with Gasteiger partial charge in [0.2, 0.25) is 0 Å².